The van der Waals surface area contributed by atoms with E-state index in [-0.39, 0.29) is 12.1 Å². The van der Waals surface area contributed by atoms with Gasteiger partial charge in [-0.15, -0.1) is 11.3 Å². The average molecular weight is 275 g/mol. The maximum Gasteiger partial charge on any atom is 0.0931 e. The third-order valence-corrected chi connectivity index (χ3v) is 4.40. The fourth-order valence-corrected chi connectivity index (χ4v) is 3.35. The molecule has 3 nitrogen and oxygen atoms in total. The number of nitrogens with two attached hydrogens (primary N) is 1. The predicted molar refractivity (Wildman–Crippen MR) is 72.2 cm³/mol. The fraction of sp³-hybridized carbons (Fsp3) is 0.667. The van der Waals surface area contributed by atoms with Crippen molar-refractivity contribution in [3.63, 3.8) is 0 Å². The molecule has 2 N–H and O–H groups in total. The van der Waals surface area contributed by atoms with Crippen molar-refractivity contribution >= 4 is 22.9 Å². The molecule has 1 saturated heterocycles. The Morgan fingerprint density at radius 1 is 1.53 bits per heavy atom. The normalized spacial score (nSPS) is 21.4. The summed E-state index contributed by atoms with van der Waals surface area (Å²) in [7, 11) is 0. The van der Waals surface area contributed by atoms with Gasteiger partial charge in [0.15, 0.2) is 0 Å². The molecule has 0 aromatic carbocycles. The largest absolute Gasteiger partial charge is 0.326 e. The zero-order valence-electron chi connectivity index (χ0n) is 10.1. The van der Waals surface area contributed by atoms with Crippen LogP contribution in [0.3, 0.4) is 0 Å². The van der Waals surface area contributed by atoms with Crippen molar-refractivity contribution in [2.75, 3.05) is 13.2 Å². The van der Waals surface area contributed by atoms with Gasteiger partial charge in [-0.1, -0.05) is 18.5 Å². The molecule has 2 unspecified atom stereocenters. The lowest BCUT2D eigenvalue weighted by Gasteiger charge is -2.36. The summed E-state index contributed by atoms with van der Waals surface area (Å²) in [6.45, 7) is 3.86. The Morgan fingerprint density at radius 2 is 2.35 bits per heavy atom. The summed E-state index contributed by atoms with van der Waals surface area (Å²) in [5.74, 6) is 0. The molecule has 5 heteroatoms. The smallest absolute Gasteiger partial charge is 0.0931 e. The molecule has 0 spiro atoms. The predicted octanol–water partition coefficient (Wildman–Crippen LogP) is 3.21. The van der Waals surface area contributed by atoms with Crippen molar-refractivity contribution in [2.24, 2.45) is 5.73 Å². The molecule has 1 aliphatic heterocycles. The summed E-state index contributed by atoms with van der Waals surface area (Å²) >= 11 is 7.61. The number of nitrogens with zero attached hydrogens (tertiary/aromatic N) is 1. The summed E-state index contributed by atoms with van der Waals surface area (Å²) in [5.41, 5.74) is 6.23. The van der Waals surface area contributed by atoms with Gasteiger partial charge >= 0.3 is 0 Å². The van der Waals surface area contributed by atoms with Crippen LogP contribution in [0.4, 0.5) is 0 Å². The summed E-state index contributed by atoms with van der Waals surface area (Å²) in [5, 5.41) is 2.04. The molecular formula is C12H19ClN2OS. The van der Waals surface area contributed by atoms with Crippen molar-refractivity contribution in [1.82, 2.24) is 5.06 Å². The SMILES string of the molecule is CCC(N)C(c1ccc(Cl)s1)N1CCCCO1. The van der Waals surface area contributed by atoms with Crippen molar-refractivity contribution in [3.05, 3.63) is 21.3 Å². The monoisotopic (exact) mass is 274 g/mol. The summed E-state index contributed by atoms with van der Waals surface area (Å²) in [4.78, 5) is 6.94. The number of halogens is 1. The van der Waals surface area contributed by atoms with Crippen molar-refractivity contribution < 1.29 is 4.84 Å². The summed E-state index contributed by atoms with van der Waals surface area (Å²) < 4.78 is 0.810. The zero-order chi connectivity index (χ0) is 12.3. The lowest BCUT2D eigenvalue weighted by Crippen LogP contribution is -2.42. The van der Waals surface area contributed by atoms with E-state index < -0.39 is 0 Å². The van der Waals surface area contributed by atoms with Gasteiger partial charge < -0.3 is 5.73 Å². The molecule has 0 amide bonds. The molecular weight excluding hydrogens is 256 g/mol. The van der Waals surface area contributed by atoms with Crippen molar-refractivity contribution in [1.29, 1.82) is 0 Å². The van der Waals surface area contributed by atoms with E-state index in [1.165, 1.54) is 11.3 Å². The Morgan fingerprint density at radius 3 is 2.88 bits per heavy atom. The molecule has 2 rings (SSSR count). The van der Waals surface area contributed by atoms with Crippen LogP contribution in [-0.2, 0) is 4.84 Å². The minimum absolute atomic E-state index is 0.0859. The van der Waals surface area contributed by atoms with Crippen LogP contribution in [0.2, 0.25) is 4.34 Å². The van der Waals surface area contributed by atoms with Crippen LogP contribution >= 0.6 is 22.9 Å². The Bertz CT molecular complexity index is 352. The van der Waals surface area contributed by atoms with Crippen molar-refractivity contribution in [3.8, 4) is 0 Å². The van der Waals surface area contributed by atoms with Gasteiger partial charge in [0.2, 0.25) is 0 Å². The minimum Gasteiger partial charge on any atom is -0.326 e. The number of hydrogen-bond acceptors (Lipinski definition) is 4. The second-order valence-corrected chi connectivity index (χ2v) is 6.09. The number of rotatable bonds is 4. The lowest BCUT2D eigenvalue weighted by atomic mass is 10.0. The minimum atomic E-state index is 0.0859. The Hall–Kier alpha value is -0.130. The topological polar surface area (TPSA) is 38.5 Å². The third kappa shape index (κ3) is 3.20. The standard InChI is InChI=1S/C12H19ClN2OS/c1-2-9(14)12(10-5-6-11(13)17-10)15-7-3-4-8-16-15/h5-6,9,12H,2-4,7-8,14H2,1H3. The van der Waals surface area contributed by atoms with Gasteiger partial charge in [-0.2, -0.15) is 5.06 Å². The lowest BCUT2D eigenvalue weighted by molar-refractivity contribution is -0.211. The average Bonchev–Trinajstić information content (AvgIpc) is 2.77. The van der Waals surface area contributed by atoms with Crippen LogP contribution in [0, 0.1) is 0 Å². The molecule has 0 bridgehead atoms. The number of hydrogen-bond donors (Lipinski definition) is 1. The first kappa shape index (κ1) is 13.3. The van der Waals surface area contributed by atoms with E-state index in [1.54, 1.807) is 11.3 Å². The van der Waals surface area contributed by atoms with Gasteiger partial charge in [-0.25, -0.2) is 0 Å². The molecule has 0 aliphatic carbocycles. The van der Waals surface area contributed by atoms with Gasteiger partial charge in [0.25, 0.3) is 0 Å². The highest BCUT2D eigenvalue weighted by Crippen LogP contribution is 2.34. The van der Waals surface area contributed by atoms with Crippen LogP contribution in [0.5, 0.6) is 0 Å². The molecule has 17 heavy (non-hydrogen) atoms. The third-order valence-electron chi connectivity index (χ3n) is 3.10. The van der Waals surface area contributed by atoms with E-state index in [1.807, 2.05) is 11.1 Å². The highest BCUT2D eigenvalue weighted by molar-refractivity contribution is 7.16. The van der Waals surface area contributed by atoms with Crippen LogP contribution < -0.4 is 5.73 Å². The molecule has 1 aromatic rings. The Kier molecular flexibility index (Phi) is 4.82. The molecule has 0 radical (unpaired) electrons. The maximum absolute atomic E-state index is 6.23. The van der Waals surface area contributed by atoms with Crippen LogP contribution in [0.25, 0.3) is 0 Å². The van der Waals surface area contributed by atoms with E-state index in [0.717, 1.165) is 30.3 Å². The van der Waals surface area contributed by atoms with Crippen LogP contribution in [-0.4, -0.2) is 24.3 Å². The quantitative estimate of drug-likeness (QED) is 0.916. The number of thiophene rings is 1. The van der Waals surface area contributed by atoms with Gasteiger partial charge in [-0.05, 0) is 31.4 Å². The number of hydroxylamine groups is 2. The second-order valence-electron chi connectivity index (χ2n) is 4.34. The Balaban J connectivity index is 2.17. The fourth-order valence-electron chi connectivity index (χ4n) is 2.11. The van der Waals surface area contributed by atoms with Crippen LogP contribution in [0.15, 0.2) is 12.1 Å². The van der Waals surface area contributed by atoms with E-state index >= 15 is 0 Å². The first-order valence-electron chi connectivity index (χ1n) is 6.12. The molecule has 0 saturated carbocycles. The maximum atomic E-state index is 6.23. The first-order valence-corrected chi connectivity index (χ1v) is 7.32. The van der Waals surface area contributed by atoms with E-state index in [0.29, 0.717) is 0 Å². The first-order chi connectivity index (χ1) is 8.22. The molecule has 1 fully saturated rings. The van der Waals surface area contributed by atoms with E-state index in [4.69, 9.17) is 22.2 Å². The molecule has 1 aliphatic rings. The van der Waals surface area contributed by atoms with Gasteiger partial charge in [0.1, 0.15) is 0 Å². The molecule has 1 aromatic heterocycles. The summed E-state index contributed by atoms with van der Waals surface area (Å²) in [6, 6.07) is 4.21. The highest BCUT2D eigenvalue weighted by atomic mass is 35.5. The molecule has 2 heterocycles. The zero-order valence-corrected chi connectivity index (χ0v) is 11.6. The van der Waals surface area contributed by atoms with Gasteiger partial charge in [0.05, 0.1) is 17.0 Å². The van der Waals surface area contributed by atoms with Crippen molar-refractivity contribution in [2.45, 2.75) is 38.3 Å². The van der Waals surface area contributed by atoms with E-state index in [9.17, 15) is 0 Å². The second kappa shape index (κ2) is 6.16. The van der Waals surface area contributed by atoms with E-state index in [2.05, 4.69) is 13.0 Å². The Labute approximate surface area is 111 Å². The summed E-state index contributed by atoms with van der Waals surface area (Å²) in [6.07, 6.45) is 3.24. The molecule has 96 valence electrons. The van der Waals surface area contributed by atoms with Gasteiger partial charge in [-0.3, -0.25) is 4.84 Å². The molecule has 2 atom stereocenters. The van der Waals surface area contributed by atoms with Crippen LogP contribution in [0.1, 0.15) is 37.1 Å². The highest BCUT2D eigenvalue weighted by Gasteiger charge is 2.29. The van der Waals surface area contributed by atoms with Gasteiger partial charge in [0, 0.05) is 17.5 Å².